The van der Waals surface area contributed by atoms with Crippen molar-refractivity contribution in [2.24, 2.45) is 0 Å². The number of rotatable bonds is 3. The quantitative estimate of drug-likeness (QED) is 0.636. The summed E-state index contributed by atoms with van der Waals surface area (Å²) in [6.45, 7) is 2.11. The van der Waals surface area contributed by atoms with Crippen LogP contribution in [0.5, 0.6) is 0 Å². The average Bonchev–Trinajstić information content (AvgIpc) is 2.83. The van der Waals surface area contributed by atoms with Gasteiger partial charge >= 0.3 is 0 Å². The molecular weight excluding hydrogens is 286 g/mol. The standard InChI is InChI=1S/C12H12Cl4/c1-2-3-7-4-8(5-10(13)11(7)14)9-6-12(9,15)16/h4-5,9H,2-3,6H2,1H3. The normalized spacial score (nSPS) is 22.2. The smallest absolute Gasteiger partial charge is 0.101 e. The van der Waals surface area contributed by atoms with Gasteiger partial charge in [0.25, 0.3) is 0 Å². The molecule has 0 aliphatic heterocycles. The van der Waals surface area contributed by atoms with Gasteiger partial charge in [0.1, 0.15) is 4.33 Å². The first kappa shape index (κ1) is 12.8. The number of halogens is 4. The Labute approximate surface area is 116 Å². The van der Waals surface area contributed by atoms with Crippen LogP contribution in [0.25, 0.3) is 0 Å². The lowest BCUT2D eigenvalue weighted by Crippen LogP contribution is -1.94. The fraction of sp³-hybridized carbons (Fsp3) is 0.500. The van der Waals surface area contributed by atoms with Crippen LogP contribution in [0.15, 0.2) is 12.1 Å². The van der Waals surface area contributed by atoms with Crippen LogP contribution in [0.4, 0.5) is 0 Å². The predicted octanol–water partition coefficient (Wildman–Crippen LogP) is 5.61. The fourth-order valence-corrected chi connectivity index (χ4v) is 2.91. The van der Waals surface area contributed by atoms with Crippen molar-refractivity contribution in [2.45, 2.75) is 36.4 Å². The Bertz CT molecular complexity index is 412. The van der Waals surface area contributed by atoms with Crippen LogP contribution in [-0.2, 0) is 6.42 Å². The Hall–Kier alpha value is 0.380. The summed E-state index contributed by atoms with van der Waals surface area (Å²) in [5, 5.41) is 1.25. The van der Waals surface area contributed by atoms with Crippen molar-refractivity contribution in [3.8, 4) is 0 Å². The zero-order valence-electron chi connectivity index (χ0n) is 8.87. The second-order valence-corrected chi connectivity index (χ2v) is 6.57. The first-order valence-electron chi connectivity index (χ1n) is 5.31. The Morgan fingerprint density at radius 1 is 1.31 bits per heavy atom. The highest BCUT2D eigenvalue weighted by Crippen LogP contribution is 2.60. The molecule has 1 aromatic carbocycles. The zero-order chi connectivity index (χ0) is 11.9. The molecule has 0 radical (unpaired) electrons. The van der Waals surface area contributed by atoms with Crippen molar-refractivity contribution in [3.05, 3.63) is 33.3 Å². The van der Waals surface area contributed by atoms with E-state index < -0.39 is 4.33 Å². The van der Waals surface area contributed by atoms with Gasteiger partial charge in [0.15, 0.2) is 0 Å². The Morgan fingerprint density at radius 3 is 2.44 bits per heavy atom. The first-order chi connectivity index (χ1) is 7.45. The molecule has 1 fully saturated rings. The van der Waals surface area contributed by atoms with E-state index in [9.17, 15) is 0 Å². The topological polar surface area (TPSA) is 0 Å². The maximum atomic E-state index is 6.14. The van der Waals surface area contributed by atoms with Gasteiger partial charge in [-0.25, -0.2) is 0 Å². The van der Waals surface area contributed by atoms with Crippen molar-refractivity contribution in [1.82, 2.24) is 0 Å². The van der Waals surface area contributed by atoms with E-state index in [2.05, 4.69) is 13.0 Å². The summed E-state index contributed by atoms with van der Waals surface area (Å²) in [5.74, 6) is 0.196. The van der Waals surface area contributed by atoms with Crippen molar-refractivity contribution >= 4 is 46.4 Å². The van der Waals surface area contributed by atoms with Gasteiger partial charge in [-0.3, -0.25) is 0 Å². The molecule has 0 nitrogen and oxygen atoms in total. The highest BCUT2D eigenvalue weighted by Gasteiger charge is 2.52. The molecule has 4 heteroatoms. The molecule has 1 aliphatic carbocycles. The van der Waals surface area contributed by atoms with E-state index in [1.807, 2.05) is 6.07 Å². The van der Waals surface area contributed by atoms with Crippen LogP contribution in [0.3, 0.4) is 0 Å². The lowest BCUT2D eigenvalue weighted by molar-refractivity contribution is 0.916. The molecule has 88 valence electrons. The summed E-state index contributed by atoms with van der Waals surface area (Å²) in [5.41, 5.74) is 2.19. The van der Waals surface area contributed by atoms with Crippen LogP contribution in [0, 0.1) is 0 Å². The van der Waals surface area contributed by atoms with Gasteiger partial charge in [0.05, 0.1) is 10.0 Å². The molecule has 1 aliphatic rings. The van der Waals surface area contributed by atoms with Gasteiger partial charge in [-0.2, -0.15) is 0 Å². The second-order valence-electron chi connectivity index (χ2n) is 4.24. The van der Waals surface area contributed by atoms with Crippen molar-refractivity contribution in [3.63, 3.8) is 0 Å². The summed E-state index contributed by atoms with van der Waals surface area (Å²) in [6, 6.07) is 3.95. The molecule has 1 atom stereocenters. The summed E-state index contributed by atoms with van der Waals surface area (Å²) in [7, 11) is 0. The number of benzene rings is 1. The van der Waals surface area contributed by atoms with E-state index >= 15 is 0 Å². The highest BCUT2D eigenvalue weighted by atomic mass is 35.5. The molecule has 0 heterocycles. The van der Waals surface area contributed by atoms with Crippen LogP contribution in [-0.4, -0.2) is 4.33 Å². The van der Waals surface area contributed by atoms with E-state index in [1.54, 1.807) is 0 Å². The van der Waals surface area contributed by atoms with Gasteiger partial charge in [-0.05, 0) is 30.0 Å². The van der Waals surface area contributed by atoms with E-state index in [-0.39, 0.29) is 5.92 Å². The number of aryl methyl sites for hydroxylation is 1. The van der Waals surface area contributed by atoms with Crippen LogP contribution >= 0.6 is 46.4 Å². The molecule has 1 aromatic rings. The molecule has 2 rings (SSSR count). The molecular formula is C12H12Cl4. The van der Waals surface area contributed by atoms with Gasteiger partial charge < -0.3 is 0 Å². The molecule has 0 N–H and O–H groups in total. The van der Waals surface area contributed by atoms with Crippen LogP contribution < -0.4 is 0 Å². The predicted molar refractivity (Wildman–Crippen MR) is 72.3 cm³/mol. The Morgan fingerprint density at radius 2 is 1.94 bits per heavy atom. The van der Waals surface area contributed by atoms with Gasteiger partial charge in [-0.1, -0.05) is 42.6 Å². The maximum absolute atomic E-state index is 6.14. The van der Waals surface area contributed by atoms with Gasteiger partial charge in [-0.15, -0.1) is 23.2 Å². The lowest BCUT2D eigenvalue weighted by Gasteiger charge is -2.09. The molecule has 1 saturated carbocycles. The first-order valence-corrected chi connectivity index (χ1v) is 6.82. The summed E-state index contributed by atoms with van der Waals surface area (Å²) < 4.78 is -0.610. The lowest BCUT2D eigenvalue weighted by atomic mass is 10.0. The van der Waals surface area contributed by atoms with Crippen molar-refractivity contribution in [2.75, 3.05) is 0 Å². The summed E-state index contributed by atoms with van der Waals surface area (Å²) >= 11 is 24.3. The van der Waals surface area contributed by atoms with Gasteiger partial charge in [0, 0.05) is 5.92 Å². The van der Waals surface area contributed by atoms with Gasteiger partial charge in [0.2, 0.25) is 0 Å². The number of hydrogen-bond acceptors (Lipinski definition) is 0. The van der Waals surface area contributed by atoms with E-state index in [0.29, 0.717) is 10.0 Å². The van der Waals surface area contributed by atoms with Crippen LogP contribution in [0.2, 0.25) is 10.0 Å². The highest BCUT2D eigenvalue weighted by molar-refractivity contribution is 6.51. The molecule has 0 aromatic heterocycles. The number of hydrogen-bond donors (Lipinski definition) is 0. The molecule has 0 spiro atoms. The summed E-state index contributed by atoms with van der Waals surface area (Å²) in [6.07, 6.45) is 2.76. The second kappa shape index (κ2) is 4.57. The molecule has 0 saturated heterocycles. The van der Waals surface area contributed by atoms with Crippen LogP contribution in [0.1, 0.15) is 36.8 Å². The van der Waals surface area contributed by atoms with Crippen molar-refractivity contribution in [1.29, 1.82) is 0 Å². The minimum atomic E-state index is -0.610. The monoisotopic (exact) mass is 296 g/mol. The van der Waals surface area contributed by atoms with E-state index in [1.165, 1.54) is 0 Å². The molecule has 1 unspecified atom stereocenters. The fourth-order valence-electron chi connectivity index (χ4n) is 1.90. The third-order valence-electron chi connectivity index (χ3n) is 2.87. The SMILES string of the molecule is CCCc1cc(C2CC2(Cl)Cl)cc(Cl)c1Cl. The Kier molecular flexibility index (Phi) is 3.66. The molecule has 0 bridgehead atoms. The third-order valence-corrected chi connectivity index (χ3v) is 4.55. The average molecular weight is 298 g/mol. The zero-order valence-corrected chi connectivity index (χ0v) is 11.9. The minimum Gasteiger partial charge on any atom is -0.101 e. The summed E-state index contributed by atoms with van der Waals surface area (Å²) in [4.78, 5) is 0. The van der Waals surface area contributed by atoms with E-state index in [0.717, 1.165) is 30.4 Å². The maximum Gasteiger partial charge on any atom is 0.125 e. The van der Waals surface area contributed by atoms with Crippen molar-refractivity contribution < 1.29 is 0 Å². The third kappa shape index (κ3) is 2.46. The minimum absolute atomic E-state index is 0.196. The molecule has 16 heavy (non-hydrogen) atoms. The Balaban J connectivity index is 2.34. The van der Waals surface area contributed by atoms with E-state index in [4.69, 9.17) is 46.4 Å². The molecule has 0 amide bonds. The number of alkyl halides is 2. The largest absolute Gasteiger partial charge is 0.125 e.